The Balaban J connectivity index is 1.48. The number of benzene rings is 2. The van der Waals surface area contributed by atoms with Crippen LogP contribution in [-0.2, 0) is 6.42 Å². The second kappa shape index (κ2) is 9.67. The lowest BCUT2D eigenvalue weighted by atomic mass is 10.0. The van der Waals surface area contributed by atoms with Crippen LogP contribution in [-0.4, -0.2) is 33.0 Å². The molecule has 7 heteroatoms. The molecule has 7 nitrogen and oxygen atoms in total. The smallest absolute Gasteiger partial charge is 0.224 e. The minimum absolute atomic E-state index is 0.0886. The summed E-state index contributed by atoms with van der Waals surface area (Å²) in [6, 6.07) is 21.7. The van der Waals surface area contributed by atoms with Gasteiger partial charge in [0.25, 0.3) is 0 Å². The molecule has 32 heavy (non-hydrogen) atoms. The third kappa shape index (κ3) is 5.05. The summed E-state index contributed by atoms with van der Waals surface area (Å²) in [6.45, 7) is 2.06. The summed E-state index contributed by atoms with van der Waals surface area (Å²) in [4.78, 5) is 20.0. The molecule has 158 valence electrons. The molecule has 0 fully saturated rings. The van der Waals surface area contributed by atoms with Crippen molar-refractivity contribution in [3.05, 3.63) is 90.4 Å². The first-order valence-electron chi connectivity index (χ1n) is 10.3. The summed E-state index contributed by atoms with van der Waals surface area (Å²) in [5.74, 6) is 1.93. The third-order valence-corrected chi connectivity index (χ3v) is 4.99. The summed E-state index contributed by atoms with van der Waals surface area (Å²) in [6.07, 6.45) is 5.94. The SMILES string of the molecule is CC(Cc1cccc(C#N)c1)Nc1nccc(N(C)c2cncc(-c3ccccc3)n2)n1. The highest BCUT2D eigenvalue weighted by Gasteiger charge is 2.12. The van der Waals surface area contributed by atoms with E-state index in [9.17, 15) is 0 Å². The number of anilines is 3. The molecule has 0 aliphatic rings. The first kappa shape index (κ1) is 20.9. The number of nitrogens with one attached hydrogen (secondary N) is 1. The number of aromatic nitrogens is 4. The topological polar surface area (TPSA) is 90.6 Å². The van der Waals surface area contributed by atoms with Crippen LogP contribution in [0.2, 0.25) is 0 Å². The van der Waals surface area contributed by atoms with E-state index in [1.54, 1.807) is 24.7 Å². The Kier molecular flexibility index (Phi) is 6.33. The van der Waals surface area contributed by atoms with Gasteiger partial charge >= 0.3 is 0 Å². The van der Waals surface area contributed by atoms with Crippen LogP contribution >= 0.6 is 0 Å². The van der Waals surface area contributed by atoms with Gasteiger partial charge in [0.15, 0.2) is 5.82 Å². The maximum atomic E-state index is 9.09. The Bertz CT molecular complexity index is 1230. The molecule has 0 saturated heterocycles. The van der Waals surface area contributed by atoms with E-state index in [-0.39, 0.29) is 6.04 Å². The van der Waals surface area contributed by atoms with Crippen LogP contribution in [0.25, 0.3) is 11.3 Å². The summed E-state index contributed by atoms with van der Waals surface area (Å²) in [5.41, 5.74) is 3.56. The zero-order valence-electron chi connectivity index (χ0n) is 18.0. The molecule has 0 radical (unpaired) electrons. The number of nitriles is 1. The highest BCUT2D eigenvalue weighted by molar-refractivity contribution is 5.62. The molecule has 1 unspecified atom stereocenters. The molecule has 2 aromatic heterocycles. The normalized spacial score (nSPS) is 11.4. The second-order valence-electron chi connectivity index (χ2n) is 7.49. The fourth-order valence-corrected chi connectivity index (χ4v) is 3.38. The molecule has 0 saturated carbocycles. The van der Waals surface area contributed by atoms with Gasteiger partial charge in [0.1, 0.15) is 5.82 Å². The lowest BCUT2D eigenvalue weighted by molar-refractivity contribution is 0.776. The van der Waals surface area contributed by atoms with Crippen molar-refractivity contribution >= 4 is 17.6 Å². The van der Waals surface area contributed by atoms with Gasteiger partial charge in [-0.25, -0.2) is 9.97 Å². The first-order valence-corrected chi connectivity index (χ1v) is 10.3. The number of rotatable bonds is 7. The van der Waals surface area contributed by atoms with Gasteiger partial charge in [0.2, 0.25) is 5.95 Å². The molecule has 4 rings (SSSR count). The van der Waals surface area contributed by atoms with Crippen molar-refractivity contribution in [3.63, 3.8) is 0 Å². The van der Waals surface area contributed by atoms with E-state index in [0.29, 0.717) is 23.1 Å². The van der Waals surface area contributed by atoms with E-state index in [4.69, 9.17) is 10.2 Å². The van der Waals surface area contributed by atoms with Gasteiger partial charge < -0.3 is 10.2 Å². The molecule has 2 heterocycles. The Morgan fingerprint density at radius 2 is 1.84 bits per heavy atom. The maximum absolute atomic E-state index is 9.09. The minimum Gasteiger partial charge on any atom is -0.351 e. The van der Waals surface area contributed by atoms with E-state index in [1.807, 2.05) is 66.5 Å². The highest BCUT2D eigenvalue weighted by atomic mass is 15.3. The van der Waals surface area contributed by atoms with E-state index in [2.05, 4.69) is 33.3 Å². The van der Waals surface area contributed by atoms with E-state index in [0.717, 1.165) is 23.2 Å². The average molecular weight is 422 g/mol. The molecule has 0 aliphatic heterocycles. The van der Waals surface area contributed by atoms with E-state index in [1.165, 1.54) is 0 Å². The number of nitrogens with zero attached hydrogens (tertiary/aromatic N) is 6. The van der Waals surface area contributed by atoms with Crippen molar-refractivity contribution in [1.82, 2.24) is 19.9 Å². The quantitative estimate of drug-likeness (QED) is 0.466. The van der Waals surface area contributed by atoms with Crippen molar-refractivity contribution < 1.29 is 0 Å². The van der Waals surface area contributed by atoms with Crippen LogP contribution in [0.3, 0.4) is 0 Å². The zero-order valence-corrected chi connectivity index (χ0v) is 18.0. The van der Waals surface area contributed by atoms with Crippen molar-refractivity contribution in [2.24, 2.45) is 0 Å². The van der Waals surface area contributed by atoms with Gasteiger partial charge in [-0.05, 0) is 37.1 Å². The standard InChI is InChI=1S/C25H23N7/c1-18(13-19-7-6-8-20(14-19)15-26)29-25-28-12-11-23(31-25)32(2)24-17-27-16-22(30-24)21-9-4-3-5-10-21/h3-12,14,16-18H,13H2,1-2H3,(H,28,29,31). The molecule has 1 atom stereocenters. The number of hydrogen-bond donors (Lipinski definition) is 1. The second-order valence-corrected chi connectivity index (χ2v) is 7.49. The molecule has 2 aromatic carbocycles. The summed E-state index contributed by atoms with van der Waals surface area (Å²) in [7, 11) is 1.90. The Hall–Kier alpha value is -4.31. The summed E-state index contributed by atoms with van der Waals surface area (Å²) < 4.78 is 0. The van der Waals surface area contributed by atoms with Crippen LogP contribution < -0.4 is 10.2 Å². The van der Waals surface area contributed by atoms with Gasteiger partial charge in [0, 0.05) is 24.8 Å². The molecular weight excluding hydrogens is 398 g/mol. The molecule has 1 N–H and O–H groups in total. The fourth-order valence-electron chi connectivity index (χ4n) is 3.38. The van der Waals surface area contributed by atoms with Gasteiger partial charge in [-0.2, -0.15) is 10.2 Å². The molecule has 0 aliphatic carbocycles. The monoisotopic (exact) mass is 421 g/mol. The van der Waals surface area contributed by atoms with Crippen LogP contribution in [0.4, 0.5) is 17.6 Å². The Labute approximate surface area is 187 Å². The van der Waals surface area contributed by atoms with Crippen molar-refractivity contribution in [1.29, 1.82) is 5.26 Å². The highest BCUT2D eigenvalue weighted by Crippen LogP contribution is 2.23. The largest absolute Gasteiger partial charge is 0.351 e. The van der Waals surface area contributed by atoms with Crippen LogP contribution in [0, 0.1) is 11.3 Å². The first-order chi connectivity index (χ1) is 15.6. The van der Waals surface area contributed by atoms with E-state index < -0.39 is 0 Å². The van der Waals surface area contributed by atoms with Gasteiger partial charge in [0.05, 0.1) is 29.7 Å². The zero-order chi connectivity index (χ0) is 22.3. The van der Waals surface area contributed by atoms with Crippen molar-refractivity contribution in [2.45, 2.75) is 19.4 Å². The predicted molar refractivity (Wildman–Crippen MR) is 126 cm³/mol. The van der Waals surface area contributed by atoms with Gasteiger partial charge in [-0.1, -0.05) is 42.5 Å². The van der Waals surface area contributed by atoms with E-state index >= 15 is 0 Å². The van der Waals surface area contributed by atoms with Crippen molar-refractivity contribution in [2.75, 3.05) is 17.3 Å². The lowest BCUT2D eigenvalue weighted by Gasteiger charge is -2.19. The molecular formula is C25H23N7. The molecule has 0 spiro atoms. The third-order valence-electron chi connectivity index (χ3n) is 4.99. The van der Waals surface area contributed by atoms with Crippen LogP contribution in [0.1, 0.15) is 18.1 Å². The summed E-state index contributed by atoms with van der Waals surface area (Å²) >= 11 is 0. The minimum atomic E-state index is 0.0886. The Morgan fingerprint density at radius 3 is 2.66 bits per heavy atom. The fraction of sp³-hybridized carbons (Fsp3) is 0.160. The van der Waals surface area contributed by atoms with Crippen molar-refractivity contribution in [3.8, 4) is 17.3 Å². The van der Waals surface area contributed by atoms with Gasteiger partial charge in [-0.15, -0.1) is 0 Å². The van der Waals surface area contributed by atoms with Gasteiger partial charge in [-0.3, -0.25) is 4.98 Å². The predicted octanol–water partition coefficient (Wildman–Crippen LogP) is 4.62. The van der Waals surface area contributed by atoms with Crippen LogP contribution in [0.5, 0.6) is 0 Å². The lowest BCUT2D eigenvalue weighted by Crippen LogP contribution is -2.21. The maximum Gasteiger partial charge on any atom is 0.224 e. The summed E-state index contributed by atoms with van der Waals surface area (Å²) in [5, 5.41) is 12.4. The molecule has 4 aromatic rings. The van der Waals surface area contributed by atoms with Crippen LogP contribution in [0.15, 0.2) is 79.3 Å². The molecule has 0 amide bonds. The average Bonchev–Trinajstić information content (AvgIpc) is 2.84. The number of hydrogen-bond acceptors (Lipinski definition) is 7. The molecule has 0 bridgehead atoms. The Morgan fingerprint density at radius 1 is 1.00 bits per heavy atom.